The molecule has 2 N–H and O–H groups in total. The van der Waals surface area contributed by atoms with Crippen molar-refractivity contribution < 1.29 is 9.13 Å². The Morgan fingerprint density at radius 3 is 2.65 bits per heavy atom. The second-order valence-electron chi connectivity index (χ2n) is 5.64. The summed E-state index contributed by atoms with van der Waals surface area (Å²) >= 11 is 0. The Hall–Kier alpha value is -1.09. The Morgan fingerprint density at radius 2 is 2.18 bits per heavy atom. The van der Waals surface area contributed by atoms with Gasteiger partial charge in [-0.2, -0.15) is 0 Å². The molecular weight excluding hydrogens is 217 g/mol. The molecule has 0 aliphatic heterocycles. The fraction of sp³-hybridized carbons (Fsp3) is 0.571. The van der Waals surface area contributed by atoms with E-state index in [1.165, 1.54) is 19.6 Å². The van der Waals surface area contributed by atoms with Gasteiger partial charge in [0.25, 0.3) is 0 Å². The van der Waals surface area contributed by atoms with E-state index in [0.717, 1.165) is 12.0 Å². The minimum atomic E-state index is -0.313. The Bertz CT molecular complexity index is 417. The molecule has 0 spiro atoms. The van der Waals surface area contributed by atoms with Crippen molar-refractivity contribution >= 4 is 0 Å². The van der Waals surface area contributed by atoms with Crippen LogP contribution in [0, 0.1) is 17.2 Å². The van der Waals surface area contributed by atoms with E-state index < -0.39 is 0 Å². The van der Waals surface area contributed by atoms with Gasteiger partial charge in [0, 0.05) is 6.04 Å². The summed E-state index contributed by atoms with van der Waals surface area (Å²) < 4.78 is 18.4. The normalized spacial score (nSPS) is 23.2. The first-order chi connectivity index (χ1) is 7.94. The van der Waals surface area contributed by atoms with Crippen molar-refractivity contribution in [2.24, 2.45) is 17.1 Å². The van der Waals surface area contributed by atoms with Crippen LogP contribution in [0.15, 0.2) is 18.2 Å². The molecule has 1 aliphatic rings. The summed E-state index contributed by atoms with van der Waals surface area (Å²) in [6.45, 7) is 4.46. The number of hydrogen-bond acceptors (Lipinski definition) is 2. The van der Waals surface area contributed by atoms with Crippen LogP contribution in [0.5, 0.6) is 5.75 Å². The summed E-state index contributed by atoms with van der Waals surface area (Å²) in [7, 11) is 1.47. The van der Waals surface area contributed by atoms with Gasteiger partial charge in [-0.05, 0) is 41.9 Å². The van der Waals surface area contributed by atoms with Gasteiger partial charge in [-0.1, -0.05) is 19.9 Å². The van der Waals surface area contributed by atoms with E-state index in [2.05, 4.69) is 13.8 Å². The van der Waals surface area contributed by atoms with E-state index in [1.807, 2.05) is 6.07 Å². The summed E-state index contributed by atoms with van der Waals surface area (Å²) in [4.78, 5) is 0. The Labute approximate surface area is 102 Å². The lowest BCUT2D eigenvalue weighted by Gasteiger charge is -2.14. The Balaban J connectivity index is 2.02. The van der Waals surface area contributed by atoms with E-state index in [0.29, 0.717) is 11.3 Å². The molecule has 2 unspecified atom stereocenters. The number of methoxy groups -OCH3 is 1. The van der Waals surface area contributed by atoms with E-state index in [-0.39, 0.29) is 17.6 Å². The van der Waals surface area contributed by atoms with Crippen molar-refractivity contribution in [2.75, 3.05) is 7.11 Å². The summed E-state index contributed by atoms with van der Waals surface area (Å²) in [6.07, 6.45) is 1.90. The van der Waals surface area contributed by atoms with Crippen LogP contribution in [0.1, 0.15) is 25.8 Å². The fourth-order valence-electron chi connectivity index (χ4n) is 2.49. The highest BCUT2D eigenvalue weighted by Gasteiger charge is 2.48. The van der Waals surface area contributed by atoms with Crippen molar-refractivity contribution in [1.82, 2.24) is 0 Å². The topological polar surface area (TPSA) is 35.2 Å². The second kappa shape index (κ2) is 4.30. The summed E-state index contributed by atoms with van der Waals surface area (Å²) in [5.41, 5.74) is 7.46. The number of nitrogens with two attached hydrogens (primary N) is 1. The summed E-state index contributed by atoms with van der Waals surface area (Å²) in [5.74, 6) is 0.536. The maximum absolute atomic E-state index is 13.5. The first kappa shape index (κ1) is 12.4. The van der Waals surface area contributed by atoms with Crippen molar-refractivity contribution in [2.45, 2.75) is 32.7 Å². The van der Waals surface area contributed by atoms with E-state index in [1.54, 1.807) is 6.07 Å². The standard InChI is InChI=1S/C14H20FNO/c1-14(2)8-10(14)12(16)7-9-4-5-13(17-3)11(15)6-9/h4-6,10,12H,7-8,16H2,1-3H3. The predicted molar refractivity (Wildman–Crippen MR) is 66.5 cm³/mol. The molecule has 1 aromatic rings. The molecule has 2 rings (SSSR count). The van der Waals surface area contributed by atoms with E-state index in [4.69, 9.17) is 10.5 Å². The average molecular weight is 237 g/mol. The monoisotopic (exact) mass is 237 g/mol. The van der Waals surface area contributed by atoms with Crippen molar-refractivity contribution in [3.8, 4) is 5.75 Å². The molecule has 0 saturated heterocycles. The van der Waals surface area contributed by atoms with Crippen LogP contribution < -0.4 is 10.5 Å². The summed E-state index contributed by atoms with van der Waals surface area (Å²) in [6, 6.07) is 5.19. The fourth-order valence-corrected chi connectivity index (χ4v) is 2.49. The van der Waals surface area contributed by atoms with Crippen LogP contribution in [0.4, 0.5) is 4.39 Å². The smallest absolute Gasteiger partial charge is 0.165 e. The molecule has 3 heteroatoms. The quantitative estimate of drug-likeness (QED) is 0.874. The third kappa shape index (κ3) is 2.60. The number of halogens is 1. The average Bonchev–Trinajstić information content (AvgIpc) is 2.88. The van der Waals surface area contributed by atoms with E-state index >= 15 is 0 Å². The molecule has 1 saturated carbocycles. The third-order valence-electron chi connectivity index (χ3n) is 3.79. The lowest BCUT2D eigenvalue weighted by Crippen LogP contribution is -2.27. The lowest BCUT2D eigenvalue weighted by atomic mass is 9.98. The van der Waals surface area contributed by atoms with Gasteiger partial charge < -0.3 is 10.5 Å². The van der Waals surface area contributed by atoms with Gasteiger partial charge in [0.2, 0.25) is 0 Å². The molecule has 2 atom stereocenters. The lowest BCUT2D eigenvalue weighted by molar-refractivity contribution is 0.385. The minimum absolute atomic E-state index is 0.123. The van der Waals surface area contributed by atoms with Crippen LogP contribution in [-0.4, -0.2) is 13.2 Å². The Kier molecular flexibility index (Phi) is 3.13. The molecule has 0 radical (unpaired) electrons. The molecule has 1 aromatic carbocycles. The first-order valence-corrected chi connectivity index (χ1v) is 6.02. The van der Waals surface area contributed by atoms with Crippen LogP contribution >= 0.6 is 0 Å². The minimum Gasteiger partial charge on any atom is -0.494 e. The predicted octanol–water partition coefficient (Wildman–Crippen LogP) is 2.75. The van der Waals surface area contributed by atoms with Gasteiger partial charge in [0.15, 0.2) is 11.6 Å². The molecule has 0 heterocycles. The van der Waals surface area contributed by atoms with Gasteiger partial charge in [-0.3, -0.25) is 0 Å². The van der Waals surface area contributed by atoms with Crippen molar-refractivity contribution in [1.29, 1.82) is 0 Å². The van der Waals surface area contributed by atoms with Gasteiger partial charge in [0.05, 0.1) is 7.11 Å². The van der Waals surface area contributed by atoms with Gasteiger partial charge in [0.1, 0.15) is 0 Å². The zero-order valence-corrected chi connectivity index (χ0v) is 10.7. The zero-order valence-electron chi connectivity index (χ0n) is 10.7. The molecule has 0 aromatic heterocycles. The van der Waals surface area contributed by atoms with Crippen LogP contribution in [0.2, 0.25) is 0 Å². The highest BCUT2D eigenvalue weighted by Crippen LogP contribution is 2.53. The highest BCUT2D eigenvalue weighted by molar-refractivity contribution is 5.30. The van der Waals surface area contributed by atoms with Gasteiger partial charge in [-0.25, -0.2) is 4.39 Å². The van der Waals surface area contributed by atoms with Gasteiger partial charge in [-0.15, -0.1) is 0 Å². The molecule has 0 amide bonds. The number of benzene rings is 1. The highest BCUT2D eigenvalue weighted by atomic mass is 19.1. The van der Waals surface area contributed by atoms with E-state index in [9.17, 15) is 4.39 Å². The number of rotatable bonds is 4. The van der Waals surface area contributed by atoms with Crippen LogP contribution in [0.3, 0.4) is 0 Å². The first-order valence-electron chi connectivity index (χ1n) is 6.02. The molecule has 1 fully saturated rings. The largest absolute Gasteiger partial charge is 0.494 e. The van der Waals surface area contributed by atoms with Crippen LogP contribution in [-0.2, 0) is 6.42 Å². The van der Waals surface area contributed by atoms with Crippen LogP contribution in [0.25, 0.3) is 0 Å². The number of hydrogen-bond donors (Lipinski definition) is 1. The molecule has 1 aliphatic carbocycles. The SMILES string of the molecule is COc1ccc(CC(N)C2CC2(C)C)cc1F. The molecule has 0 bridgehead atoms. The molecular formula is C14H20FNO. The number of ether oxygens (including phenoxy) is 1. The third-order valence-corrected chi connectivity index (χ3v) is 3.79. The second-order valence-corrected chi connectivity index (χ2v) is 5.64. The maximum atomic E-state index is 13.5. The summed E-state index contributed by atoms with van der Waals surface area (Å²) in [5, 5.41) is 0. The maximum Gasteiger partial charge on any atom is 0.165 e. The zero-order chi connectivity index (χ0) is 12.6. The van der Waals surface area contributed by atoms with Gasteiger partial charge >= 0.3 is 0 Å². The molecule has 2 nitrogen and oxygen atoms in total. The van der Waals surface area contributed by atoms with Crippen molar-refractivity contribution in [3.63, 3.8) is 0 Å². The Morgan fingerprint density at radius 1 is 1.53 bits per heavy atom. The molecule has 17 heavy (non-hydrogen) atoms. The molecule has 94 valence electrons. The van der Waals surface area contributed by atoms with Crippen molar-refractivity contribution in [3.05, 3.63) is 29.6 Å².